The van der Waals surface area contributed by atoms with E-state index in [9.17, 15) is 8.42 Å². The van der Waals surface area contributed by atoms with Gasteiger partial charge in [0, 0.05) is 13.6 Å². The van der Waals surface area contributed by atoms with Crippen molar-refractivity contribution in [3.63, 3.8) is 0 Å². The number of aryl methyl sites for hydroxylation is 2. The highest BCUT2D eigenvalue weighted by Crippen LogP contribution is 2.18. The molecule has 0 aliphatic heterocycles. The molecule has 1 aromatic carbocycles. The molecule has 0 bridgehead atoms. The van der Waals surface area contributed by atoms with Crippen LogP contribution in [0.3, 0.4) is 0 Å². The Morgan fingerprint density at radius 2 is 2.00 bits per heavy atom. The van der Waals surface area contributed by atoms with Gasteiger partial charge in [-0.3, -0.25) is 4.72 Å². The Morgan fingerprint density at radius 3 is 2.61 bits per heavy atom. The molecule has 0 fully saturated rings. The Kier molecular flexibility index (Phi) is 5.13. The van der Waals surface area contributed by atoms with E-state index in [1.807, 2.05) is 32.0 Å². The fourth-order valence-corrected chi connectivity index (χ4v) is 2.52. The van der Waals surface area contributed by atoms with Crippen molar-refractivity contribution in [3.8, 4) is 0 Å². The molecule has 18 heavy (non-hydrogen) atoms. The number of nitrogens with two attached hydrogens (primary N) is 1. The van der Waals surface area contributed by atoms with Crippen LogP contribution < -0.4 is 10.5 Å². The number of nitrogens with one attached hydrogen (secondary N) is 1. The third-order valence-electron chi connectivity index (χ3n) is 2.72. The van der Waals surface area contributed by atoms with Crippen LogP contribution in [-0.4, -0.2) is 32.9 Å². The Labute approximate surface area is 109 Å². The van der Waals surface area contributed by atoms with Crippen LogP contribution in [0.4, 0.5) is 5.69 Å². The van der Waals surface area contributed by atoms with Crippen LogP contribution >= 0.6 is 0 Å². The van der Waals surface area contributed by atoms with Gasteiger partial charge in [-0.2, -0.15) is 12.7 Å². The summed E-state index contributed by atoms with van der Waals surface area (Å²) in [6, 6.07) is 5.67. The molecule has 0 unspecified atom stereocenters. The number of anilines is 1. The van der Waals surface area contributed by atoms with Crippen molar-refractivity contribution in [3.05, 3.63) is 29.3 Å². The van der Waals surface area contributed by atoms with Gasteiger partial charge in [-0.15, -0.1) is 0 Å². The van der Waals surface area contributed by atoms with E-state index in [0.717, 1.165) is 11.1 Å². The average Bonchev–Trinajstić information content (AvgIpc) is 2.30. The molecule has 0 spiro atoms. The molecular weight excluding hydrogens is 250 g/mol. The lowest BCUT2D eigenvalue weighted by Crippen LogP contribution is -2.34. The molecule has 0 aromatic heterocycles. The largest absolute Gasteiger partial charge is 0.330 e. The Hall–Kier alpha value is -1.11. The Balaban J connectivity index is 2.85. The summed E-state index contributed by atoms with van der Waals surface area (Å²) in [5.41, 5.74) is 7.91. The molecule has 0 heterocycles. The molecule has 1 aromatic rings. The van der Waals surface area contributed by atoms with Crippen LogP contribution in [0.5, 0.6) is 0 Å². The zero-order chi connectivity index (χ0) is 13.8. The van der Waals surface area contributed by atoms with E-state index in [4.69, 9.17) is 5.73 Å². The van der Waals surface area contributed by atoms with Crippen molar-refractivity contribution in [2.45, 2.75) is 20.3 Å². The quantitative estimate of drug-likeness (QED) is 0.817. The highest BCUT2D eigenvalue weighted by atomic mass is 32.2. The molecule has 102 valence electrons. The minimum atomic E-state index is -3.50. The van der Waals surface area contributed by atoms with E-state index >= 15 is 0 Å². The van der Waals surface area contributed by atoms with Crippen molar-refractivity contribution >= 4 is 15.9 Å². The number of rotatable bonds is 6. The van der Waals surface area contributed by atoms with Gasteiger partial charge in [-0.1, -0.05) is 12.1 Å². The molecule has 0 aliphatic carbocycles. The van der Waals surface area contributed by atoms with E-state index < -0.39 is 10.2 Å². The molecular formula is C12H21N3O2S. The zero-order valence-corrected chi connectivity index (χ0v) is 11.9. The van der Waals surface area contributed by atoms with Gasteiger partial charge in [0.15, 0.2) is 0 Å². The second kappa shape index (κ2) is 6.17. The fraction of sp³-hybridized carbons (Fsp3) is 0.500. The maximum absolute atomic E-state index is 12.0. The first kappa shape index (κ1) is 14.9. The van der Waals surface area contributed by atoms with Gasteiger partial charge in [-0.05, 0) is 44.0 Å². The number of hydrogen-bond donors (Lipinski definition) is 2. The van der Waals surface area contributed by atoms with Gasteiger partial charge < -0.3 is 5.73 Å². The van der Waals surface area contributed by atoms with E-state index in [1.165, 1.54) is 4.31 Å². The van der Waals surface area contributed by atoms with Crippen molar-refractivity contribution < 1.29 is 8.42 Å². The highest BCUT2D eigenvalue weighted by Gasteiger charge is 2.17. The second-order valence-electron chi connectivity index (χ2n) is 4.39. The summed E-state index contributed by atoms with van der Waals surface area (Å²) in [7, 11) is -1.95. The topological polar surface area (TPSA) is 75.4 Å². The third kappa shape index (κ3) is 3.97. The summed E-state index contributed by atoms with van der Waals surface area (Å²) >= 11 is 0. The highest BCUT2D eigenvalue weighted by molar-refractivity contribution is 7.90. The second-order valence-corrected chi connectivity index (χ2v) is 6.17. The minimum Gasteiger partial charge on any atom is -0.330 e. The lowest BCUT2D eigenvalue weighted by molar-refractivity contribution is 0.468. The van der Waals surface area contributed by atoms with Crippen molar-refractivity contribution in [2.75, 3.05) is 24.9 Å². The molecule has 0 saturated carbocycles. The Morgan fingerprint density at radius 1 is 1.33 bits per heavy atom. The molecule has 0 saturated heterocycles. The van der Waals surface area contributed by atoms with Crippen molar-refractivity contribution in [1.29, 1.82) is 0 Å². The molecule has 6 heteroatoms. The first-order chi connectivity index (χ1) is 8.36. The summed E-state index contributed by atoms with van der Waals surface area (Å²) in [4.78, 5) is 0. The maximum Gasteiger partial charge on any atom is 0.301 e. The van der Waals surface area contributed by atoms with E-state index in [1.54, 1.807) is 7.05 Å². The average molecular weight is 271 g/mol. The van der Waals surface area contributed by atoms with Crippen LogP contribution in [0.1, 0.15) is 17.5 Å². The van der Waals surface area contributed by atoms with E-state index in [2.05, 4.69) is 4.72 Å². The smallest absolute Gasteiger partial charge is 0.301 e. The number of hydrogen-bond acceptors (Lipinski definition) is 3. The number of benzene rings is 1. The summed E-state index contributed by atoms with van der Waals surface area (Å²) < 4.78 is 28.0. The maximum atomic E-state index is 12.0. The molecule has 0 aliphatic rings. The first-order valence-electron chi connectivity index (χ1n) is 5.88. The van der Waals surface area contributed by atoms with Crippen LogP contribution in [0.2, 0.25) is 0 Å². The van der Waals surface area contributed by atoms with Crippen LogP contribution in [0.15, 0.2) is 18.2 Å². The lowest BCUT2D eigenvalue weighted by Gasteiger charge is -2.19. The van der Waals surface area contributed by atoms with Gasteiger partial charge in [0.05, 0.1) is 5.69 Å². The van der Waals surface area contributed by atoms with Crippen molar-refractivity contribution in [2.24, 2.45) is 5.73 Å². The molecule has 5 nitrogen and oxygen atoms in total. The summed E-state index contributed by atoms with van der Waals surface area (Å²) in [6.45, 7) is 4.69. The number of nitrogens with zero attached hydrogens (tertiary/aromatic N) is 1. The van der Waals surface area contributed by atoms with E-state index in [0.29, 0.717) is 25.2 Å². The molecule has 0 atom stereocenters. The summed E-state index contributed by atoms with van der Waals surface area (Å²) in [5.74, 6) is 0. The van der Waals surface area contributed by atoms with Gasteiger partial charge in [0.1, 0.15) is 0 Å². The predicted molar refractivity (Wildman–Crippen MR) is 74.8 cm³/mol. The normalized spacial score (nSPS) is 11.8. The summed E-state index contributed by atoms with van der Waals surface area (Å²) in [6.07, 6.45) is 0.643. The van der Waals surface area contributed by atoms with E-state index in [-0.39, 0.29) is 0 Å². The predicted octanol–water partition coefficient (Wildman–Crippen LogP) is 1.24. The zero-order valence-electron chi connectivity index (χ0n) is 11.1. The minimum absolute atomic E-state index is 0.413. The van der Waals surface area contributed by atoms with Gasteiger partial charge in [-0.25, -0.2) is 0 Å². The molecule has 3 N–H and O–H groups in total. The van der Waals surface area contributed by atoms with Gasteiger partial charge in [0.2, 0.25) is 0 Å². The third-order valence-corrected chi connectivity index (χ3v) is 4.20. The lowest BCUT2D eigenvalue weighted by atomic mass is 10.1. The van der Waals surface area contributed by atoms with Crippen LogP contribution in [0, 0.1) is 13.8 Å². The Bertz CT molecular complexity index is 500. The van der Waals surface area contributed by atoms with Gasteiger partial charge >= 0.3 is 10.2 Å². The van der Waals surface area contributed by atoms with Crippen LogP contribution in [0.25, 0.3) is 0 Å². The summed E-state index contributed by atoms with van der Waals surface area (Å²) in [5, 5.41) is 0. The fourth-order valence-electron chi connectivity index (χ4n) is 1.50. The molecule has 0 amide bonds. The molecule has 0 radical (unpaired) electrons. The SMILES string of the molecule is Cc1ccc(C)c(NS(=O)(=O)N(C)CCCN)c1. The van der Waals surface area contributed by atoms with Crippen LogP contribution in [-0.2, 0) is 10.2 Å². The van der Waals surface area contributed by atoms with Crippen molar-refractivity contribution in [1.82, 2.24) is 4.31 Å². The monoisotopic (exact) mass is 271 g/mol. The first-order valence-corrected chi connectivity index (χ1v) is 7.32. The molecule has 1 rings (SSSR count). The standard InChI is InChI=1S/C12H21N3O2S/c1-10-5-6-11(2)12(9-10)14-18(16,17)15(3)8-4-7-13/h5-6,9,14H,4,7-8,13H2,1-3H3. The van der Waals surface area contributed by atoms with Gasteiger partial charge in [0.25, 0.3) is 0 Å².